The van der Waals surface area contributed by atoms with Gasteiger partial charge in [0, 0.05) is 4.91 Å². The minimum absolute atomic E-state index is 0.113. The second-order valence-corrected chi connectivity index (χ2v) is 1.33. The lowest BCUT2D eigenvalue weighted by molar-refractivity contribution is 0.310. The number of azide groups is 1. The summed E-state index contributed by atoms with van der Waals surface area (Å²) in [5, 5.41) is 11.6. The fourth-order valence-electron chi connectivity index (χ4n) is 0.406. The number of anilines is 1. The van der Waals surface area contributed by atoms with Crippen LogP contribution in [0.4, 0.5) is 11.6 Å². The Labute approximate surface area is 58.9 Å². The highest BCUT2D eigenvalue weighted by molar-refractivity contribution is 5.52. The van der Waals surface area contributed by atoms with E-state index < -0.39 is 0 Å². The molecule has 9 nitrogen and oxygen atoms in total. The van der Waals surface area contributed by atoms with Gasteiger partial charge in [0.2, 0.25) is 11.6 Å². The van der Waals surface area contributed by atoms with Gasteiger partial charge in [0.25, 0.3) is 0 Å². The number of rotatable bonds is 3. The van der Waals surface area contributed by atoms with Crippen molar-refractivity contribution in [1.29, 1.82) is 0 Å². The summed E-state index contributed by atoms with van der Waals surface area (Å²) in [6, 6.07) is 0. The van der Waals surface area contributed by atoms with Crippen LogP contribution in [0.2, 0.25) is 0 Å². The number of nitrogens with one attached hydrogen (secondary N) is 1. The van der Waals surface area contributed by atoms with Gasteiger partial charge in [-0.1, -0.05) is 0 Å². The van der Waals surface area contributed by atoms with Gasteiger partial charge in [0.1, 0.15) is 0 Å². The van der Waals surface area contributed by atoms with E-state index in [-0.39, 0.29) is 11.6 Å². The Bertz CT molecular complexity index is 297. The van der Waals surface area contributed by atoms with Crippen molar-refractivity contribution in [3.8, 4) is 0 Å². The molecule has 0 aliphatic heterocycles. The molecule has 1 aromatic rings. The average Bonchev–Trinajstić information content (AvgIpc) is 2.39. The van der Waals surface area contributed by atoms with Gasteiger partial charge in [-0.25, -0.2) is 10.1 Å². The van der Waals surface area contributed by atoms with Gasteiger partial charge in [-0.15, -0.1) is 4.91 Å². The lowest BCUT2D eigenvalue weighted by Gasteiger charge is -1.83. The summed E-state index contributed by atoms with van der Waals surface area (Å²) in [7, 11) is 0. The Morgan fingerprint density at radius 1 is 1.64 bits per heavy atom. The molecule has 0 radical (unpaired) electrons. The van der Waals surface area contributed by atoms with Crippen molar-refractivity contribution in [3.05, 3.63) is 15.3 Å². The molecule has 1 N–H and O–H groups in total. The van der Waals surface area contributed by atoms with Gasteiger partial charge in [-0.3, -0.25) is 0 Å². The number of hydrogen-bond donors (Lipinski definition) is 1. The first-order valence-electron chi connectivity index (χ1n) is 2.34. The van der Waals surface area contributed by atoms with Crippen molar-refractivity contribution in [1.82, 2.24) is 10.3 Å². The topological polar surface area (TPSA) is 129 Å². The molecule has 0 aromatic carbocycles. The lowest BCUT2D eigenvalue weighted by atomic mass is 10.7. The van der Waals surface area contributed by atoms with Crippen LogP contribution in [-0.4, -0.2) is 10.3 Å². The minimum Gasteiger partial charge on any atom is -0.242 e. The Morgan fingerprint density at radius 3 is 3.09 bits per heavy atom. The third-order valence-electron chi connectivity index (χ3n) is 0.762. The molecule has 0 aliphatic rings. The van der Waals surface area contributed by atoms with Gasteiger partial charge < -0.3 is 0 Å². The van der Waals surface area contributed by atoms with Crippen LogP contribution in [-0.2, 0) is 0 Å². The van der Waals surface area contributed by atoms with Crippen LogP contribution in [0.15, 0.2) is 15.0 Å². The van der Waals surface area contributed by atoms with Crippen LogP contribution in [0.5, 0.6) is 0 Å². The van der Waals surface area contributed by atoms with Crippen molar-refractivity contribution in [2.24, 2.45) is 10.4 Å². The van der Waals surface area contributed by atoms with Crippen LogP contribution in [0.1, 0.15) is 0 Å². The van der Waals surface area contributed by atoms with E-state index in [4.69, 9.17) is 5.53 Å². The monoisotopic (exact) mass is 155 g/mol. The van der Waals surface area contributed by atoms with Crippen molar-refractivity contribution in [3.63, 3.8) is 0 Å². The highest BCUT2D eigenvalue weighted by atomic mass is 16.6. The second kappa shape index (κ2) is 3.13. The highest BCUT2D eigenvalue weighted by Crippen LogP contribution is 2.18. The maximum Gasteiger partial charge on any atom is 0.223 e. The molecule has 11 heavy (non-hydrogen) atoms. The number of hydrogen-bond acceptors (Lipinski definition) is 6. The van der Waals surface area contributed by atoms with Crippen LogP contribution in [0, 0.1) is 4.91 Å². The maximum absolute atomic E-state index is 9.62. The minimum atomic E-state index is -0.160. The van der Waals surface area contributed by atoms with E-state index in [2.05, 4.69) is 30.3 Å². The summed E-state index contributed by atoms with van der Waals surface area (Å²) >= 11 is 0. The molecule has 0 spiro atoms. The first-order chi connectivity index (χ1) is 5.38. The van der Waals surface area contributed by atoms with Crippen molar-refractivity contribution >= 4 is 11.6 Å². The molecular formula is C2HN7O2. The molecule has 1 aromatic heterocycles. The van der Waals surface area contributed by atoms with Crippen LogP contribution < -0.4 is 5.43 Å². The molecule has 0 amide bonds. The molecule has 0 saturated heterocycles. The summed E-state index contributed by atoms with van der Waals surface area (Å²) < 4.78 is 4.12. The quantitative estimate of drug-likeness (QED) is 0.229. The van der Waals surface area contributed by atoms with E-state index in [1.54, 1.807) is 0 Å². The number of aromatic nitrogens is 2. The largest absolute Gasteiger partial charge is 0.242 e. The van der Waals surface area contributed by atoms with Gasteiger partial charge in [0.15, 0.2) is 0 Å². The SMILES string of the molecule is [N-]=[N+]=Nc1nonc1NN=O. The van der Waals surface area contributed by atoms with Crippen LogP contribution >= 0.6 is 0 Å². The highest BCUT2D eigenvalue weighted by Gasteiger charge is 2.05. The molecule has 56 valence electrons. The Balaban J connectivity index is 2.94. The predicted octanol–water partition coefficient (Wildman–Crippen LogP) is 1.10. The number of nitrogens with zero attached hydrogens (tertiary/aromatic N) is 6. The van der Waals surface area contributed by atoms with Crippen LogP contribution in [0.3, 0.4) is 0 Å². The second-order valence-electron chi connectivity index (χ2n) is 1.33. The van der Waals surface area contributed by atoms with E-state index in [0.29, 0.717) is 0 Å². The van der Waals surface area contributed by atoms with Crippen LogP contribution in [0.25, 0.3) is 10.4 Å². The molecule has 1 heterocycles. The Kier molecular flexibility index (Phi) is 1.98. The summed E-state index contributed by atoms with van der Waals surface area (Å²) in [4.78, 5) is 12.0. The Hall–Kier alpha value is -2.15. The van der Waals surface area contributed by atoms with Crippen molar-refractivity contribution < 1.29 is 4.63 Å². The molecule has 0 fully saturated rings. The normalized spacial score (nSPS) is 8.36. The van der Waals surface area contributed by atoms with E-state index in [9.17, 15) is 4.91 Å². The maximum atomic E-state index is 9.62. The first kappa shape index (κ1) is 6.96. The summed E-state index contributed by atoms with van der Waals surface area (Å²) in [6.45, 7) is 0. The average molecular weight is 155 g/mol. The first-order valence-corrected chi connectivity index (χ1v) is 2.34. The smallest absolute Gasteiger partial charge is 0.223 e. The molecule has 0 atom stereocenters. The fourth-order valence-corrected chi connectivity index (χ4v) is 0.406. The van der Waals surface area contributed by atoms with E-state index in [0.717, 1.165) is 0 Å². The van der Waals surface area contributed by atoms with Gasteiger partial charge in [0.05, 0.1) is 5.29 Å². The third kappa shape index (κ3) is 1.40. The molecule has 9 heteroatoms. The molecule has 1 rings (SSSR count). The molecular weight excluding hydrogens is 154 g/mol. The van der Waals surface area contributed by atoms with E-state index in [1.165, 1.54) is 0 Å². The van der Waals surface area contributed by atoms with Crippen molar-refractivity contribution in [2.45, 2.75) is 0 Å². The van der Waals surface area contributed by atoms with Crippen molar-refractivity contribution in [2.75, 3.05) is 5.43 Å². The van der Waals surface area contributed by atoms with E-state index >= 15 is 0 Å². The predicted molar refractivity (Wildman–Crippen MR) is 32.5 cm³/mol. The summed E-state index contributed by atoms with van der Waals surface area (Å²) in [6.07, 6.45) is 0. The zero-order valence-electron chi connectivity index (χ0n) is 5.00. The third-order valence-corrected chi connectivity index (χ3v) is 0.762. The molecule has 0 saturated carbocycles. The molecule has 0 aliphatic carbocycles. The standard InChI is InChI=1S/C2HN7O2/c3-8-4-1-2(5-9-10)7-11-6-1/h(H,5,7,10). The van der Waals surface area contributed by atoms with E-state index in [1.807, 2.05) is 5.43 Å². The summed E-state index contributed by atoms with van der Waals surface area (Å²) in [5.41, 5.74) is 9.82. The van der Waals surface area contributed by atoms with Gasteiger partial charge in [-0.2, -0.15) is 0 Å². The zero-order chi connectivity index (χ0) is 8.10. The Morgan fingerprint density at radius 2 is 2.45 bits per heavy atom. The number of nitroso groups, excluding NO2 is 1. The molecule has 0 unspecified atom stereocenters. The summed E-state index contributed by atoms with van der Waals surface area (Å²) in [5.74, 6) is -0.273. The fraction of sp³-hybridized carbons (Fsp3) is 0. The van der Waals surface area contributed by atoms with Gasteiger partial charge >= 0.3 is 0 Å². The van der Waals surface area contributed by atoms with Gasteiger partial charge in [-0.05, 0) is 21.0 Å². The molecule has 0 bridgehead atoms. The lowest BCUT2D eigenvalue weighted by Crippen LogP contribution is -1.84. The zero-order valence-corrected chi connectivity index (χ0v) is 5.00.